The summed E-state index contributed by atoms with van der Waals surface area (Å²) in [6, 6.07) is 0. The lowest BCUT2D eigenvalue weighted by molar-refractivity contribution is -0.118. The summed E-state index contributed by atoms with van der Waals surface area (Å²) in [6.45, 7) is 0. The number of aromatic nitrogens is 8. The molecule has 2 rings (SSSR count). The summed E-state index contributed by atoms with van der Waals surface area (Å²) in [5.41, 5.74) is 0. The zero-order valence-corrected chi connectivity index (χ0v) is 10.3. The Balaban J connectivity index is 1.57. The number of rotatable bonds is 7. The number of hydrogen-bond acceptors (Lipinski definition) is 8. The lowest BCUT2D eigenvalue weighted by atomic mass is 10.2. The average Bonchev–Trinajstić information content (AvgIpc) is 3.08. The molecule has 0 bridgehead atoms. The van der Waals surface area contributed by atoms with Crippen LogP contribution in [0.4, 0.5) is 11.9 Å². The van der Waals surface area contributed by atoms with Gasteiger partial charge in [-0.2, -0.15) is 10.4 Å². The van der Waals surface area contributed by atoms with Crippen molar-refractivity contribution in [2.45, 2.75) is 25.7 Å². The van der Waals surface area contributed by atoms with Crippen LogP contribution in [0.25, 0.3) is 0 Å². The van der Waals surface area contributed by atoms with Crippen LogP contribution in [0.1, 0.15) is 25.7 Å². The number of anilines is 2. The van der Waals surface area contributed by atoms with Gasteiger partial charge in [0.1, 0.15) is 0 Å². The molecule has 0 unspecified atom stereocenters. The molecule has 0 aliphatic heterocycles. The zero-order valence-electron chi connectivity index (χ0n) is 10.3. The van der Waals surface area contributed by atoms with Gasteiger partial charge in [-0.3, -0.25) is 20.2 Å². The SMILES string of the molecule is O=C(CCCCC(=O)Nc1nn[nH]n1)Nc1nn[nH]n1. The highest BCUT2D eigenvalue weighted by molar-refractivity contribution is 5.89. The van der Waals surface area contributed by atoms with Crippen molar-refractivity contribution >= 4 is 23.7 Å². The van der Waals surface area contributed by atoms with Gasteiger partial charge in [0.15, 0.2) is 0 Å². The van der Waals surface area contributed by atoms with Crippen LogP contribution in [0.2, 0.25) is 0 Å². The second-order valence-corrected chi connectivity index (χ2v) is 3.77. The average molecular weight is 280 g/mol. The van der Waals surface area contributed by atoms with E-state index >= 15 is 0 Å². The standard InChI is InChI=1S/C8H12N10O2/c19-5(9-7-11-15-16-12-7)3-1-2-4-6(20)10-8-13-17-18-14-8/h1-4H2,(H2,9,11,12,15,16,19)(H2,10,13,14,17,18,20). The second kappa shape index (κ2) is 6.86. The van der Waals surface area contributed by atoms with Crippen molar-refractivity contribution in [3.8, 4) is 0 Å². The van der Waals surface area contributed by atoms with E-state index in [1.807, 2.05) is 0 Å². The molecule has 2 aromatic heterocycles. The van der Waals surface area contributed by atoms with Crippen molar-refractivity contribution in [1.29, 1.82) is 0 Å². The molecule has 2 heterocycles. The molecule has 0 aromatic carbocycles. The molecule has 0 saturated carbocycles. The first kappa shape index (κ1) is 13.5. The number of tetrazole rings is 2. The van der Waals surface area contributed by atoms with Crippen LogP contribution in [-0.2, 0) is 9.59 Å². The third-order valence-corrected chi connectivity index (χ3v) is 2.25. The van der Waals surface area contributed by atoms with Gasteiger partial charge in [-0.1, -0.05) is 10.2 Å². The molecule has 12 nitrogen and oxygen atoms in total. The van der Waals surface area contributed by atoms with Gasteiger partial charge in [0.2, 0.25) is 11.8 Å². The van der Waals surface area contributed by atoms with Gasteiger partial charge in [-0.05, 0) is 23.3 Å². The van der Waals surface area contributed by atoms with Gasteiger partial charge in [-0.25, -0.2) is 0 Å². The summed E-state index contributed by atoms with van der Waals surface area (Å²) in [5.74, 6) is -0.204. The Labute approximate surface area is 112 Å². The van der Waals surface area contributed by atoms with Crippen molar-refractivity contribution in [3.05, 3.63) is 0 Å². The molecular formula is C8H12N10O2. The first-order valence-electron chi connectivity index (χ1n) is 5.80. The number of nitrogens with zero attached hydrogens (tertiary/aromatic N) is 6. The maximum absolute atomic E-state index is 11.4. The van der Waals surface area contributed by atoms with Crippen molar-refractivity contribution in [1.82, 2.24) is 41.2 Å². The lowest BCUT2D eigenvalue weighted by Crippen LogP contribution is -2.14. The van der Waals surface area contributed by atoms with Crippen molar-refractivity contribution in [2.75, 3.05) is 10.6 Å². The molecule has 0 spiro atoms. The minimum Gasteiger partial charge on any atom is -0.292 e. The van der Waals surface area contributed by atoms with Crippen molar-refractivity contribution in [2.24, 2.45) is 0 Å². The smallest absolute Gasteiger partial charge is 0.269 e. The zero-order chi connectivity index (χ0) is 14.2. The van der Waals surface area contributed by atoms with Crippen molar-refractivity contribution < 1.29 is 9.59 Å². The molecule has 0 aliphatic carbocycles. The van der Waals surface area contributed by atoms with E-state index in [1.165, 1.54) is 0 Å². The molecule has 4 N–H and O–H groups in total. The Hall–Kier alpha value is -2.92. The Bertz CT molecular complexity index is 485. The number of H-pyrrole nitrogens is 2. The maximum Gasteiger partial charge on any atom is 0.269 e. The number of aromatic amines is 2. The van der Waals surface area contributed by atoms with Crippen LogP contribution in [-0.4, -0.2) is 53.1 Å². The predicted octanol–water partition coefficient (Wildman–Crippen LogP) is -1.15. The fraction of sp³-hybridized carbons (Fsp3) is 0.500. The van der Waals surface area contributed by atoms with E-state index in [0.717, 1.165) is 0 Å². The lowest BCUT2D eigenvalue weighted by Gasteiger charge is -2.01. The molecular weight excluding hydrogens is 268 g/mol. The largest absolute Gasteiger partial charge is 0.292 e. The van der Waals surface area contributed by atoms with E-state index in [4.69, 9.17) is 0 Å². The van der Waals surface area contributed by atoms with Crippen LogP contribution in [0.5, 0.6) is 0 Å². The molecule has 20 heavy (non-hydrogen) atoms. The molecule has 0 saturated heterocycles. The van der Waals surface area contributed by atoms with E-state index < -0.39 is 0 Å². The van der Waals surface area contributed by atoms with E-state index in [-0.39, 0.29) is 36.6 Å². The molecule has 0 radical (unpaired) electrons. The minimum atomic E-state index is -0.232. The highest BCUT2D eigenvalue weighted by atomic mass is 16.2. The van der Waals surface area contributed by atoms with Gasteiger partial charge in [0.05, 0.1) is 0 Å². The number of carbonyl (C=O) groups is 2. The van der Waals surface area contributed by atoms with Gasteiger partial charge in [-0.15, -0.1) is 10.2 Å². The van der Waals surface area contributed by atoms with Gasteiger partial charge < -0.3 is 0 Å². The van der Waals surface area contributed by atoms with Gasteiger partial charge in [0, 0.05) is 12.8 Å². The van der Waals surface area contributed by atoms with Crippen LogP contribution >= 0.6 is 0 Å². The molecule has 12 heteroatoms. The summed E-state index contributed by atoms with van der Waals surface area (Å²) in [4.78, 5) is 22.9. The second-order valence-electron chi connectivity index (χ2n) is 3.77. The molecule has 2 amide bonds. The number of nitrogens with one attached hydrogen (secondary N) is 4. The molecule has 2 aromatic rings. The highest BCUT2D eigenvalue weighted by Gasteiger charge is 2.08. The minimum absolute atomic E-state index is 0.129. The fourth-order valence-electron chi connectivity index (χ4n) is 1.38. The monoisotopic (exact) mass is 280 g/mol. The third-order valence-electron chi connectivity index (χ3n) is 2.25. The topological polar surface area (TPSA) is 167 Å². The number of unbranched alkanes of at least 4 members (excludes halogenated alkanes) is 1. The molecule has 0 fully saturated rings. The quantitative estimate of drug-likeness (QED) is 0.461. The van der Waals surface area contributed by atoms with E-state index in [1.54, 1.807) is 0 Å². The van der Waals surface area contributed by atoms with Crippen molar-refractivity contribution in [3.63, 3.8) is 0 Å². The Morgan fingerprint density at radius 2 is 1.30 bits per heavy atom. The Morgan fingerprint density at radius 3 is 1.65 bits per heavy atom. The third kappa shape index (κ3) is 4.40. The molecule has 0 aliphatic rings. The Kier molecular flexibility index (Phi) is 4.64. The normalized spacial score (nSPS) is 10.2. The Morgan fingerprint density at radius 1 is 0.850 bits per heavy atom. The van der Waals surface area contributed by atoms with E-state index in [0.29, 0.717) is 12.8 Å². The first-order chi connectivity index (χ1) is 9.74. The molecule has 106 valence electrons. The number of carbonyl (C=O) groups excluding carboxylic acids is 2. The summed E-state index contributed by atoms with van der Waals surface area (Å²) in [5, 5.41) is 30.3. The van der Waals surface area contributed by atoms with Gasteiger partial charge in [0.25, 0.3) is 11.9 Å². The summed E-state index contributed by atoms with van der Waals surface area (Å²) in [6.07, 6.45) is 1.65. The molecule has 0 atom stereocenters. The summed E-state index contributed by atoms with van der Waals surface area (Å²) < 4.78 is 0. The maximum atomic E-state index is 11.4. The van der Waals surface area contributed by atoms with Crippen LogP contribution in [0.3, 0.4) is 0 Å². The first-order valence-corrected chi connectivity index (χ1v) is 5.80. The van der Waals surface area contributed by atoms with Gasteiger partial charge >= 0.3 is 0 Å². The van der Waals surface area contributed by atoms with Crippen LogP contribution < -0.4 is 10.6 Å². The van der Waals surface area contributed by atoms with Crippen LogP contribution in [0, 0.1) is 0 Å². The van der Waals surface area contributed by atoms with E-state index in [9.17, 15) is 9.59 Å². The predicted molar refractivity (Wildman–Crippen MR) is 64.1 cm³/mol. The summed E-state index contributed by atoms with van der Waals surface area (Å²) in [7, 11) is 0. The summed E-state index contributed by atoms with van der Waals surface area (Å²) >= 11 is 0. The van der Waals surface area contributed by atoms with E-state index in [2.05, 4.69) is 51.9 Å². The van der Waals surface area contributed by atoms with Crippen LogP contribution in [0.15, 0.2) is 0 Å². The fourth-order valence-corrected chi connectivity index (χ4v) is 1.38. The number of hydrogen-bond donors (Lipinski definition) is 4. The number of amides is 2. The highest BCUT2D eigenvalue weighted by Crippen LogP contribution is 2.03.